The van der Waals surface area contributed by atoms with Gasteiger partial charge in [-0.3, -0.25) is 14.5 Å². The van der Waals surface area contributed by atoms with E-state index in [4.69, 9.17) is 4.98 Å². The van der Waals surface area contributed by atoms with Crippen molar-refractivity contribution in [1.82, 2.24) is 24.6 Å². The van der Waals surface area contributed by atoms with Gasteiger partial charge in [0.15, 0.2) is 0 Å². The number of piperidine rings is 1. The van der Waals surface area contributed by atoms with Crippen LogP contribution in [0.1, 0.15) is 25.5 Å². The Morgan fingerprint density at radius 3 is 2.95 bits per heavy atom. The van der Waals surface area contributed by atoms with E-state index in [0.29, 0.717) is 5.92 Å². The summed E-state index contributed by atoms with van der Waals surface area (Å²) in [7, 11) is 1.89. The molecule has 0 unspecified atom stereocenters. The zero-order valence-corrected chi connectivity index (χ0v) is 13.1. The maximum absolute atomic E-state index is 11.5. The molecule has 0 bridgehead atoms. The second-order valence-corrected chi connectivity index (χ2v) is 5.98. The number of amides is 1. The summed E-state index contributed by atoms with van der Waals surface area (Å²) in [5, 5.41) is 4.17. The molecule has 2 aromatic rings. The summed E-state index contributed by atoms with van der Waals surface area (Å²) in [5.41, 5.74) is 2.81. The number of carbonyl (C=O) groups is 1. The SMILES string of the molecule is CC(=O)N1CCC[C@H](Cc2cncc(-c3cnn(C)c3)n2)C1. The van der Waals surface area contributed by atoms with Crippen molar-refractivity contribution in [1.29, 1.82) is 0 Å². The van der Waals surface area contributed by atoms with Gasteiger partial charge in [-0.2, -0.15) is 5.10 Å². The Balaban J connectivity index is 1.71. The molecule has 22 heavy (non-hydrogen) atoms. The average Bonchev–Trinajstić information content (AvgIpc) is 2.94. The zero-order chi connectivity index (χ0) is 15.5. The van der Waals surface area contributed by atoms with Crippen molar-refractivity contribution in [2.75, 3.05) is 13.1 Å². The molecule has 116 valence electrons. The van der Waals surface area contributed by atoms with Gasteiger partial charge in [0.1, 0.15) is 0 Å². The molecule has 0 saturated carbocycles. The highest BCUT2D eigenvalue weighted by molar-refractivity contribution is 5.73. The smallest absolute Gasteiger partial charge is 0.219 e. The number of aromatic nitrogens is 4. The monoisotopic (exact) mass is 299 g/mol. The lowest BCUT2D eigenvalue weighted by molar-refractivity contribution is -0.130. The molecule has 0 aliphatic carbocycles. The van der Waals surface area contributed by atoms with Crippen LogP contribution in [0.25, 0.3) is 11.3 Å². The van der Waals surface area contributed by atoms with E-state index in [0.717, 1.165) is 49.3 Å². The van der Waals surface area contributed by atoms with Gasteiger partial charge in [0.2, 0.25) is 5.91 Å². The van der Waals surface area contributed by atoms with Crippen molar-refractivity contribution in [2.24, 2.45) is 13.0 Å². The van der Waals surface area contributed by atoms with E-state index in [9.17, 15) is 4.79 Å². The highest BCUT2D eigenvalue weighted by Crippen LogP contribution is 2.21. The molecule has 0 radical (unpaired) electrons. The van der Waals surface area contributed by atoms with E-state index in [-0.39, 0.29) is 5.91 Å². The zero-order valence-electron chi connectivity index (χ0n) is 13.1. The molecule has 1 amide bonds. The van der Waals surface area contributed by atoms with Gasteiger partial charge in [-0.05, 0) is 25.2 Å². The summed E-state index contributed by atoms with van der Waals surface area (Å²) in [6.45, 7) is 3.35. The molecule has 1 saturated heterocycles. The van der Waals surface area contributed by atoms with Crippen molar-refractivity contribution < 1.29 is 4.79 Å². The van der Waals surface area contributed by atoms with Crippen molar-refractivity contribution in [2.45, 2.75) is 26.2 Å². The maximum Gasteiger partial charge on any atom is 0.219 e. The van der Waals surface area contributed by atoms with Gasteiger partial charge < -0.3 is 4.90 Å². The van der Waals surface area contributed by atoms with E-state index in [1.807, 2.05) is 24.3 Å². The molecule has 6 nitrogen and oxygen atoms in total. The first-order valence-electron chi connectivity index (χ1n) is 7.67. The summed E-state index contributed by atoms with van der Waals surface area (Å²) < 4.78 is 1.76. The predicted octanol–water partition coefficient (Wildman–Crippen LogP) is 1.68. The molecule has 1 fully saturated rings. The maximum atomic E-state index is 11.5. The number of hydrogen-bond donors (Lipinski definition) is 0. The van der Waals surface area contributed by atoms with Gasteiger partial charge in [0.25, 0.3) is 0 Å². The molecule has 3 heterocycles. The van der Waals surface area contributed by atoms with Gasteiger partial charge >= 0.3 is 0 Å². The van der Waals surface area contributed by atoms with Crippen LogP contribution in [-0.2, 0) is 18.3 Å². The Labute approximate surface area is 130 Å². The van der Waals surface area contributed by atoms with Crippen molar-refractivity contribution in [3.63, 3.8) is 0 Å². The molecule has 1 aliphatic heterocycles. The Bertz CT molecular complexity index is 666. The van der Waals surface area contributed by atoms with E-state index in [2.05, 4.69) is 10.1 Å². The molecule has 1 atom stereocenters. The van der Waals surface area contributed by atoms with Gasteiger partial charge in [-0.1, -0.05) is 0 Å². The summed E-state index contributed by atoms with van der Waals surface area (Å²) in [6.07, 6.45) is 10.4. The van der Waals surface area contributed by atoms with E-state index in [1.54, 1.807) is 24.0 Å². The van der Waals surface area contributed by atoms with Crippen LogP contribution in [0.3, 0.4) is 0 Å². The fourth-order valence-corrected chi connectivity index (χ4v) is 3.01. The summed E-state index contributed by atoms with van der Waals surface area (Å²) in [5.74, 6) is 0.635. The van der Waals surface area contributed by atoms with Crippen LogP contribution in [0.15, 0.2) is 24.8 Å². The van der Waals surface area contributed by atoms with Crippen LogP contribution in [-0.4, -0.2) is 43.6 Å². The first-order valence-corrected chi connectivity index (χ1v) is 7.67. The third-order valence-electron chi connectivity index (χ3n) is 4.15. The minimum absolute atomic E-state index is 0.167. The number of nitrogens with zero attached hydrogens (tertiary/aromatic N) is 5. The first kappa shape index (κ1) is 14.7. The van der Waals surface area contributed by atoms with Crippen LogP contribution in [0.5, 0.6) is 0 Å². The van der Waals surface area contributed by atoms with Crippen LogP contribution in [0, 0.1) is 5.92 Å². The largest absolute Gasteiger partial charge is 0.343 e. The van der Waals surface area contributed by atoms with Gasteiger partial charge in [0.05, 0.1) is 23.8 Å². The summed E-state index contributed by atoms with van der Waals surface area (Å²) in [6, 6.07) is 0. The second kappa shape index (κ2) is 6.25. The predicted molar refractivity (Wildman–Crippen MR) is 82.9 cm³/mol. The molecule has 2 aromatic heterocycles. The van der Waals surface area contributed by atoms with Gasteiger partial charge in [-0.25, -0.2) is 4.98 Å². The van der Waals surface area contributed by atoms with Crippen molar-refractivity contribution >= 4 is 5.91 Å². The fraction of sp³-hybridized carbons (Fsp3) is 0.500. The Kier molecular flexibility index (Phi) is 4.18. The number of hydrogen-bond acceptors (Lipinski definition) is 4. The number of rotatable bonds is 3. The molecule has 0 N–H and O–H groups in total. The normalized spacial score (nSPS) is 18.5. The number of carbonyl (C=O) groups excluding carboxylic acids is 1. The Morgan fingerprint density at radius 2 is 2.23 bits per heavy atom. The van der Waals surface area contributed by atoms with Crippen LogP contribution in [0.2, 0.25) is 0 Å². The van der Waals surface area contributed by atoms with E-state index >= 15 is 0 Å². The minimum atomic E-state index is 0.167. The third kappa shape index (κ3) is 3.32. The molecular formula is C16H21N5O. The molecule has 1 aliphatic rings. The summed E-state index contributed by atoms with van der Waals surface area (Å²) in [4.78, 5) is 22.5. The lowest BCUT2D eigenvalue weighted by Crippen LogP contribution is -2.39. The number of likely N-dealkylation sites (tertiary alicyclic amines) is 1. The molecule has 0 aromatic carbocycles. The van der Waals surface area contributed by atoms with Gasteiger partial charge in [-0.15, -0.1) is 0 Å². The van der Waals surface area contributed by atoms with E-state index < -0.39 is 0 Å². The standard InChI is InChI=1S/C16H21N5O/c1-12(22)21-5-3-4-13(10-21)6-15-8-17-9-16(19-15)14-7-18-20(2)11-14/h7-9,11,13H,3-6,10H2,1-2H3/t13-/m1/s1. The third-order valence-corrected chi connectivity index (χ3v) is 4.15. The quantitative estimate of drug-likeness (QED) is 0.865. The van der Waals surface area contributed by atoms with Crippen LogP contribution in [0.4, 0.5) is 0 Å². The van der Waals surface area contributed by atoms with Crippen molar-refractivity contribution in [3.8, 4) is 11.3 Å². The molecule has 0 spiro atoms. The van der Waals surface area contributed by atoms with Gasteiger partial charge in [0, 0.05) is 45.0 Å². The van der Waals surface area contributed by atoms with E-state index in [1.165, 1.54) is 0 Å². The number of aryl methyl sites for hydroxylation is 1. The highest BCUT2D eigenvalue weighted by Gasteiger charge is 2.22. The average molecular weight is 299 g/mol. The minimum Gasteiger partial charge on any atom is -0.343 e. The Morgan fingerprint density at radius 1 is 1.36 bits per heavy atom. The molecule has 3 rings (SSSR count). The molecular weight excluding hydrogens is 278 g/mol. The topological polar surface area (TPSA) is 63.9 Å². The van der Waals surface area contributed by atoms with Crippen LogP contribution < -0.4 is 0 Å². The second-order valence-electron chi connectivity index (χ2n) is 5.98. The lowest BCUT2D eigenvalue weighted by atomic mass is 9.93. The first-order chi connectivity index (χ1) is 10.6. The lowest BCUT2D eigenvalue weighted by Gasteiger charge is -2.31. The summed E-state index contributed by atoms with van der Waals surface area (Å²) >= 11 is 0. The molecule has 6 heteroatoms. The van der Waals surface area contributed by atoms with Crippen LogP contribution >= 0.6 is 0 Å². The Hall–Kier alpha value is -2.24. The highest BCUT2D eigenvalue weighted by atomic mass is 16.2. The van der Waals surface area contributed by atoms with Crippen molar-refractivity contribution in [3.05, 3.63) is 30.5 Å². The fourth-order valence-electron chi connectivity index (χ4n) is 3.01.